The fourth-order valence-corrected chi connectivity index (χ4v) is 3.79. The highest BCUT2D eigenvalue weighted by molar-refractivity contribution is 7.86. The lowest BCUT2D eigenvalue weighted by atomic mass is 10.3. The third kappa shape index (κ3) is 3.44. The molecule has 2 rings (SSSR count). The van der Waals surface area contributed by atoms with Crippen molar-refractivity contribution in [1.82, 2.24) is 18.8 Å². The summed E-state index contributed by atoms with van der Waals surface area (Å²) in [5, 5.41) is 3.16. The minimum atomic E-state index is -3.47. The Morgan fingerprint density at radius 1 is 1.16 bits per heavy atom. The van der Waals surface area contributed by atoms with Gasteiger partial charge in [-0.05, 0) is 12.8 Å². The zero-order valence-electron chi connectivity index (χ0n) is 11.3. The Bertz CT molecular complexity index is 414. The number of rotatable bonds is 4. The molecule has 0 radical (unpaired) electrons. The maximum absolute atomic E-state index is 12.2. The van der Waals surface area contributed by atoms with Crippen molar-refractivity contribution < 1.29 is 13.2 Å². The molecule has 2 heterocycles. The molecular weight excluding hydrogens is 268 g/mol. The Morgan fingerprint density at radius 2 is 1.74 bits per heavy atom. The van der Waals surface area contributed by atoms with E-state index in [0.717, 1.165) is 25.9 Å². The lowest BCUT2D eigenvalue weighted by Gasteiger charge is -2.30. The minimum absolute atomic E-state index is 0.0706. The number of carbonyl (C=O) groups excluding carboxylic acids is 1. The Kier molecular flexibility index (Phi) is 4.77. The molecule has 2 aliphatic heterocycles. The molecule has 0 saturated carbocycles. The quantitative estimate of drug-likeness (QED) is 0.698. The van der Waals surface area contributed by atoms with Crippen LogP contribution in [0.4, 0.5) is 0 Å². The molecule has 2 saturated heterocycles. The molecule has 8 heteroatoms. The highest BCUT2D eigenvalue weighted by Crippen LogP contribution is 2.15. The molecule has 0 aliphatic carbocycles. The molecule has 110 valence electrons. The van der Waals surface area contributed by atoms with Crippen molar-refractivity contribution in [2.45, 2.75) is 12.8 Å². The largest absolute Gasteiger partial charge is 0.339 e. The predicted octanol–water partition coefficient (Wildman–Crippen LogP) is -1.31. The molecule has 0 atom stereocenters. The lowest BCUT2D eigenvalue weighted by Crippen LogP contribution is -2.51. The number of likely N-dealkylation sites (N-methyl/N-ethyl adjacent to an activating group) is 1. The summed E-state index contributed by atoms with van der Waals surface area (Å²) in [6.07, 6.45) is 1.80. The Labute approximate surface area is 114 Å². The summed E-state index contributed by atoms with van der Waals surface area (Å²) in [7, 11) is -1.99. The van der Waals surface area contributed by atoms with Crippen molar-refractivity contribution in [1.29, 1.82) is 0 Å². The Morgan fingerprint density at radius 3 is 2.32 bits per heavy atom. The van der Waals surface area contributed by atoms with Gasteiger partial charge in [0.25, 0.3) is 10.2 Å². The number of amides is 1. The van der Waals surface area contributed by atoms with Gasteiger partial charge in [0.05, 0.1) is 6.54 Å². The Hall–Kier alpha value is -0.700. The van der Waals surface area contributed by atoms with Crippen LogP contribution in [0.5, 0.6) is 0 Å². The van der Waals surface area contributed by atoms with E-state index in [9.17, 15) is 13.2 Å². The van der Waals surface area contributed by atoms with Gasteiger partial charge in [-0.3, -0.25) is 4.79 Å². The second kappa shape index (κ2) is 6.17. The van der Waals surface area contributed by atoms with Crippen molar-refractivity contribution >= 4 is 16.1 Å². The second-order valence-corrected chi connectivity index (χ2v) is 7.04. The van der Waals surface area contributed by atoms with Gasteiger partial charge in [0.15, 0.2) is 0 Å². The first-order valence-corrected chi connectivity index (χ1v) is 8.11. The van der Waals surface area contributed by atoms with E-state index < -0.39 is 10.2 Å². The molecule has 0 aromatic carbocycles. The van der Waals surface area contributed by atoms with Crippen molar-refractivity contribution in [3.05, 3.63) is 0 Å². The molecule has 2 fully saturated rings. The van der Waals surface area contributed by atoms with E-state index in [-0.39, 0.29) is 12.5 Å². The second-order valence-electron chi connectivity index (χ2n) is 5.00. The first-order chi connectivity index (χ1) is 9.01. The van der Waals surface area contributed by atoms with Gasteiger partial charge in [-0.25, -0.2) is 0 Å². The molecule has 2 aliphatic rings. The topological polar surface area (TPSA) is 73.0 Å². The van der Waals surface area contributed by atoms with Gasteiger partial charge in [-0.2, -0.15) is 17.0 Å². The first-order valence-electron chi connectivity index (χ1n) is 6.72. The first kappa shape index (κ1) is 14.7. The van der Waals surface area contributed by atoms with E-state index in [1.807, 2.05) is 0 Å². The molecule has 0 bridgehead atoms. The summed E-state index contributed by atoms with van der Waals surface area (Å²) in [6.45, 7) is 3.90. The highest BCUT2D eigenvalue weighted by Gasteiger charge is 2.31. The SMILES string of the molecule is CN(CC(=O)N1CCNCC1)S(=O)(=O)N1CCCC1. The van der Waals surface area contributed by atoms with Gasteiger partial charge >= 0.3 is 0 Å². The van der Waals surface area contributed by atoms with Gasteiger partial charge in [-0.15, -0.1) is 0 Å². The van der Waals surface area contributed by atoms with Crippen LogP contribution in [0.15, 0.2) is 0 Å². The molecule has 0 unspecified atom stereocenters. The van der Waals surface area contributed by atoms with Gasteiger partial charge < -0.3 is 10.2 Å². The predicted molar refractivity (Wildman–Crippen MR) is 71.8 cm³/mol. The van der Waals surface area contributed by atoms with Crippen molar-refractivity contribution in [2.75, 3.05) is 52.9 Å². The van der Waals surface area contributed by atoms with Crippen LogP contribution in [0.25, 0.3) is 0 Å². The fraction of sp³-hybridized carbons (Fsp3) is 0.909. The molecule has 1 amide bonds. The van der Waals surface area contributed by atoms with Crippen LogP contribution in [0, 0.1) is 0 Å². The zero-order valence-corrected chi connectivity index (χ0v) is 12.2. The van der Waals surface area contributed by atoms with Gasteiger partial charge in [0, 0.05) is 46.3 Å². The average molecular weight is 290 g/mol. The number of nitrogens with zero attached hydrogens (tertiary/aromatic N) is 3. The standard InChI is InChI=1S/C11H22N4O3S/c1-13(19(17,18)15-6-2-3-7-15)10-11(16)14-8-4-12-5-9-14/h12H,2-10H2,1H3. The van der Waals surface area contributed by atoms with Crippen LogP contribution in [-0.2, 0) is 15.0 Å². The smallest absolute Gasteiger partial charge is 0.282 e. The van der Waals surface area contributed by atoms with Gasteiger partial charge in [0.1, 0.15) is 0 Å². The monoisotopic (exact) mass is 290 g/mol. The average Bonchev–Trinajstić information content (AvgIpc) is 2.94. The van der Waals surface area contributed by atoms with Crippen molar-refractivity contribution in [2.24, 2.45) is 0 Å². The van der Waals surface area contributed by atoms with E-state index in [2.05, 4.69) is 5.32 Å². The van der Waals surface area contributed by atoms with Gasteiger partial charge in [0.2, 0.25) is 5.91 Å². The summed E-state index contributed by atoms with van der Waals surface area (Å²) in [5.41, 5.74) is 0. The zero-order chi connectivity index (χ0) is 13.9. The maximum Gasteiger partial charge on any atom is 0.282 e. The number of piperazine rings is 1. The molecular formula is C11H22N4O3S. The van der Waals surface area contributed by atoms with E-state index in [1.54, 1.807) is 4.90 Å². The molecule has 7 nitrogen and oxygen atoms in total. The molecule has 0 aromatic heterocycles. The van der Waals surface area contributed by atoms with E-state index >= 15 is 0 Å². The summed E-state index contributed by atoms with van der Waals surface area (Å²) >= 11 is 0. The number of hydrogen-bond donors (Lipinski definition) is 1. The number of carbonyl (C=O) groups is 1. The molecule has 0 aromatic rings. The summed E-state index contributed by atoms with van der Waals surface area (Å²) in [5.74, 6) is -0.119. The number of hydrogen-bond acceptors (Lipinski definition) is 4. The van der Waals surface area contributed by atoms with Crippen molar-refractivity contribution in [3.63, 3.8) is 0 Å². The molecule has 1 N–H and O–H groups in total. The van der Waals surface area contributed by atoms with Crippen molar-refractivity contribution in [3.8, 4) is 0 Å². The van der Waals surface area contributed by atoms with Crippen LogP contribution in [-0.4, -0.2) is 80.7 Å². The van der Waals surface area contributed by atoms with Gasteiger partial charge in [-0.1, -0.05) is 0 Å². The fourth-order valence-electron chi connectivity index (χ4n) is 2.40. The lowest BCUT2D eigenvalue weighted by molar-refractivity contribution is -0.131. The summed E-state index contributed by atoms with van der Waals surface area (Å²) in [6, 6.07) is 0. The molecule has 0 spiro atoms. The maximum atomic E-state index is 12.2. The van der Waals surface area contributed by atoms with Crippen LogP contribution >= 0.6 is 0 Å². The van der Waals surface area contributed by atoms with Crippen LogP contribution < -0.4 is 5.32 Å². The van der Waals surface area contributed by atoms with E-state index in [1.165, 1.54) is 15.7 Å². The third-order valence-electron chi connectivity index (χ3n) is 3.61. The molecule has 19 heavy (non-hydrogen) atoms. The highest BCUT2D eigenvalue weighted by atomic mass is 32.2. The normalized spacial score (nSPS) is 22.1. The van der Waals surface area contributed by atoms with Crippen LogP contribution in [0.3, 0.4) is 0 Å². The van der Waals surface area contributed by atoms with Crippen LogP contribution in [0.1, 0.15) is 12.8 Å². The Balaban J connectivity index is 1.92. The number of nitrogens with one attached hydrogen (secondary N) is 1. The van der Waals surface area contributed by atoms with E-state index in [4.69, 9.17) is 0 Å². The van der Waals surface area contributed by atoms with E-state index in [0.29, 0.717) is 26.2 Å². The summed E-state index contributed by atoms with van der Waals surface area (Å²) in [4.78, 5) is 13.8. The van der Waals surface area contributed by atoms with Crippen LogP contribution in [0.2, 0.25) is 0 Å². The summed E-state index contributed by atoms with van der Waals surface area (Å²) < 4.78 is 27.1. The minimum Gasteiger partial charge on any atom is -0.339 e. The third-order valence-corrected chi connectivity index (χ3v) is 5.55.